The minimum atomic E-state index is 0.570. The van der Waals surface area contributed by atoms with Crippen molar-refractivity contribution in [1.82, 2.24) is 5.32 Å². The zero-order valence-electron chi connectivity index (χ0n) is 10.4. The molecule has 1 saturated carbocycles. The molecule has 1 N–H and O–H groups in total. The number of hydrogen-bond donors (Lipinski definition) is 1. The maximum Gasteiger partial charge on any atom is 0.0101 e. The van der Waals surface area contributed by atoms with Crippen LogP contribution in [0.2, 0.25) is 0 Å². The number of rotatable bonds is 2. The molecule has 2 atom stereocenters. The van der Waals surface area contributed by atoms with E-state index in [-0.39, 0.29) is 0 Å². The van der Waals surface area contributed by atoms with Crippen molar-refractivity contribution >= 4 is 11.8 Å². The lowest BCUT2D eigenvalue weighted by Crippen LogP contribution is -2.41. The minimum Gasteiger partial charge on any atom is -0.311 e. The summed E-state index contributed by atoms with van der Waals surface area (Å²) in [4.78, 5) is 0. The molecule has 0 spiro atoms. The molecule has 2 unspecified atom stereocenters. The van der Waals surface area contributed by atoms with Gasteiger partial charge in [0.25, 0.3) is 0 Å². The van der Waals surface area contributed by atoms with Crippen molar-refractivity contribution in [1.29, 1.82) is 0 Å². The Morgan fingerprint density at radius 2 is 1.80 bits per heavy atom. The molecule has 1 saturated heterocycles. The first kappa shape index (κ1) is 11.8. The molecule has 0 aromatic rings. The van der Waals surface area contributed by atoms with Crippen LogP contribution >= 0.6 is 11.8 Å². The summed E-state index contributed by atoms with van der Waals surface area (Å²) in [5.41, 5.74) is 0.570. The van der Waals surface area contributed by atoms with Crippen molar-refractivity contribution < 1.29 is 0 Å². The highest BCUT2D eigenvalue weighted by atomic mass is 32.2. The highest BCUT2D eigenvalue weighted by Gasteiger charge is 2.37. The van der Waals surface area contributed by atoms with Gasteiger partial charge in [-0.05, 0) is 48.5 Å². The molecule has 2 rings (SSSR count). The van der Waals surface area contributed by atoms with Gasteiger partial charge >= 0.3 is 0 Å². The van der Waals surface area contributed by atoms with E-state index in [9.17, 15) is 0 Å². The van der Waals surface area contributed by atoms with Gasteiger partial charge in [-0.25, -0.2) is 0 Å². The maximum atomic E-state index is 3.91. The average Bonchev–Trinajstić information content (AvgIpc) is 2.41. The summed E-state index contributed by atoms with van der Waals surface area (Å²) in [6.45, 7) is 7.26. The Balaban J connectivity index is 1.83. The van der Waals surface area contributed by atoms with Gasteiger partial charge in [-0.1, -0.05) is 20.8 Å². The van der Waals surface area contributed by atoms with Crippen LogP contribution in [0.5, 0.6) is 0 Å². The van der Waals surface area contributed by atoms with Crippen LogP contribution in [0.1, 0.15) is 46.5 Å². The second kappa shape index (κ2) is 4.67. The standard InChI is InChI=1S/C13H25NS/c1-10-8-13(2,3)9-12(10)14-11-4-6-15-7-5-11/h10-12,14H,4-9H2,1-3H3. The van der Waals surface area contributed by atoms with Crippen molar-refractivity contribution in [2.24, 2.45) is 11.3 Å². The molecule has 0 amide bonds. The zero-order chi connectivity index (χ0) is 10.9. The van der Waals surface area contributed by atoms with E-state index < -0.39 is 0 Å². The van der Waals surface area contributed by atoms with Gasteiger partial charge < -0.3 is 5.32 Å². The molecule has 1 heterocycles. The lowest BCUT2D eigenvalue weighted by molar-refractivity contribution is 0.343. The van der Waals surface area contributed by atoms with E-state index >= 15 is 0 Å². The summed E-state index contributed by atoms with van der Waals surface area (Å²) in [7, 11) is 0. The number of nitrogens with one attached hydrogen (secondary N) is 1. The van der Waals surface area contributed by atoms with Gasteiger partial charge in [0.05, 0.1) is 0 Å². The molecule has 2 fully saturated rings. The van der Waals surface area contributed by atoms with Gasteiger partial charge in [-0.15, -0.1) is 0 Å². The third-order valence-corrected chi connectivity index (χ3v) is 5.05. The summed E-state index contributed by atoms with van der Waals surface area (Å²) < 4.78 is 0. The number of hydrogen-bond acceptors (Lipinski definition) is 2. The average molecular weight is 227 g/mol. The van der Waals surface area contributed by atoms with Crippen molar-refractivity contribution in [3.8, 4) is 0 Å². The highest BCUT2D eigenvalue weighted by Crippen LogP contribution is 2.41. The van der Waals surface area contributed by atoms with E-state index in [0.717, 1.165) is 18.0 Å². The number of thioether (sulfide) groups is 1. The molecule has 15 heavy (non-hydrogen) atoms. The molecule has 0 aromatic carbocycles. The van der Waals surface area contributed by atoms with Crippen molar-refractivity contribution in [3.05, 3.63) is 0 Å². The van der Waals surface area contributed by atoms with Crippen LogP contribution in [0.25, 0.3) is 0 Å². The van der Waals surface area contributed by atoms with Crippen LogP contribution in [-0.4, -0.2) is 23.6 Å². The second-order valence-corrected chi connectivity index (χ2v) is 7.43. The summed E-state index contributed by atoms with van der Waals surface area (Å²) in [6, 6.07) is 1.60. The monoisotopic (exact) mass is 227 g/mol. The topological polar surface area (TPSA) is 12.0 Å². The predicted molar refractivity (Wildman–Crippen MR) is 69.4 cm³/mol. The zero-order valence-corrected chi connectivity index (χ0v) is 11.2. The van der Waals surface area contributed by atoms with E-state index in [0.29, 0.717) is 5.41 Å². The van der Waals surface area contributed by atoms with E-state index in [2.05, 4.69) is 37.8 Å². The van der Waals surface area contributed by atoms with Gasteiger partial charge in [-0.2, -0.15) is 11.8 Å². The summed E-state index contributed by atoms with van der Waals surface area (Å²) in [5.74, 6) is 3.60. The van der Waals surface area contributed by atoms with Crippen LogP contribution in [0.3, 0.4) is 0 Å². The largest absolute Gasteiger partial charge is 0.311 e. The third-order valence-electron chi connectivity index (χ3n) is 4.01. The SMILES string of the molecule is CC1CC(C)(C)CC1NC1CCSCC1. The van der Waals surface area contributed by atoms with Gasteiger partial charge in [-0.3, -0.25) is 0 Å². The normalized spacial score (nSPS) is 37.0. The Labute approximate surface area is 98.8 Å². The van der Waals surface area contributed by atoms with Gasteiger partial charge in [0.1, 0.15) is 0 Å². The van der Waals surface area contributed by atoms with Crippen LogP contribution < -0.4 is 5.32 Å². The van der Waals surface area contributed by atoms with Crippen LogP contribution in [-0.2, 0) is 0 Å². The first-order chi connectivity index (χ1) is 7.07. The fourth-order valence-corrected chi connectivity index (χ4v) is 4.39. The van der Waals surface area contributed by atoms with E-state index in [1.807, 2.05) is 0 Å². The van der Waals surface area contributed by atoms with Gasteiger partial charge in [0.2, 0.25) is 0 Å². The quantitative estimate of drug-likeness (QED) is 0.777. The molecule has 1 aliphatic carbocycles. The smallest absolute Gasteiger partial charge is 0.0101 e. The Morgan fingerprint density at radius 1 is 1.13 bits per heavy atom. The van der Waals surface area contributed by atoms with E-state index in [1.54, 1.807) is 0 Å². The molecule has 0 radical (unpaired) electrons. The fourth-order valence-electron chi connectivity index (χ4n) is 3.28. The molecule has 1 aliphatic heterocycles. The van der Waals surface area contributed by atoms with Gasteiger partial charge in [0.15, 0.2) is 0 Å². The molecular weight excluding hydrogens is 202 g/mol. The molecule has 0 bridgehead atoms. The van der Waals surface area contributed by atoms with E-state index in [4.69, 9.17) is 0 Å². The van der Waals surface area contributed by atoms with Crippen molar-refractivity contribution in [2.75, 3.05) is 11.5 Å². The second-order valence-electron chi connectivity index (χ2n) is 6.21. The maximum absolute atomic E-state index is 3.91. The molecule has 88 valence electrons. The lowest BCUT2D eigenvalue weighted by Gasteiger charge is -2.28. The Kier molecular flexibility index (Phi) is 3.67. The van der Waals surface area contributed by atoms with Crippen molar-refractivity contribution in [2.45, 2.75) is 58.5 Å². The Morgan fingerprint density at radius 3 is 2.33 bits per heavy atom. The fraction of sp³-hybridized carbons (Fsp3) is 1.00. The van der Waals surface area contributed by atoms with Crippen LogP contribution in [0.15, 0.2) is 0 Å². The molecule has 2 heteroatoms. The molecule has 2 aliphatic rings. The van der Waals surface area contributed by atoms with Crippen LogP contribution in [0, 0.1) is 11.3 Å². The summed E-state index contributed by atoms with van der Waals surface area (Å²) in [6.07, 6.45) is 5.53. The molecular formula is C13H25NS. The third kappa shape index (κ3) is 3.13. The Hall–Kier alpha value is 0.310. The van der Waals surface area contributed by atoms with E-state index in [1.165, 1.54) is 37.2 Å². The van der Waals surface area contributed by atoms with Crippen molar-refractivity contribution in [3.63, 3.8) is 0 Å². The first-order valence-electron chi connectivity index (χ1n) is 6.41. The Bertz CT molecular complexity index is 209. The lowest BCUT2D eigenvalue weighted by atomic mass is 9.91. The first-order valence-corrected chi connectivity index (χ1v) is 7.56. The highest BCUT2D eigenvalue weighted by molar-refractivity contribution is 7.99. The molecule has 1 nitrogen and oxygen atoms in total. The summed E-state index contributed by atoms with van der Waals surface area (Å²) >= 11 is 2.12. The van der Waals surface area contributed by atoms with Crippen LogP contribution in [0.4, 0.5) is 0 Å². The van der Waals surface area contributed by atoms with Gasteiger partial charge in [0, 0.05) is 12.1 Å². The molecule has 0 aromatic heterocycles. The summed E-state index contributed by atoms with van der Waals surface area (Å²) in [5, 5.41) is 3.91. The predicted octanol–water partition coefficient (Wildman–Crippen LogP) is 3.30. The minimum absolute atomic E-state index is 0.570.